The largest absolute Gasteiger partial charge is 0.345 e. The average molecular weight is 275 g/mol. The molecule has 3 nitrogen and oxygen atoms in total. The van der Waals surface area contributed by atoms with Gasteiger partial charge in [-0.25, -0.2) is 0 Å². The monoisotopic (exact) mass is 274 g/mol. The Labute approximate surface area is 117 Å². The second kappa shape index (κ2) is 6.34. The molecular weight excluding hydrogens is 260 g/mol. The summed E-state index contributed by atoms with van der Waals surface area (Å²) < 4.78 is 0. The van der Waals surface area contributed by atoms with Crippen LogP contribution in [0.5, 0.6) is 0 Å². The zero-order valence-corrected chi connectivity index (χ0v) is 11.4. The summed E-state index contributed by atoms with van der Waals surface area (Å²) in [6, 6.07) is 11.0. The number of aromatic nitrogens is 1. The highest BCUT2D eigenvalue weighted by molar-refractivity contribution is 6.17. The van der Waals surface area contributed by atoms with E-state index in [9.17, 15) is 4.79 Å². The van der Waals surface area contributed by atoms with E-state index < -0.39 is 0 Å². The summed E-state index contributed by atoms with van der Waals surface area (Å²) in [6.07, 6.45) is 3.46. The van der Waals surface area contributed by atoms with Crippen molar-refractivity contribution in [1.82, 2.24) is 10.3 Å². The molecule has 0 aliphatic rings. The highest BCUT2D eigenvalue weighted by atomic mass is 35.5. The van der Waals surface area contributed by atoms with Crippen molar-refractivity contribution < 1.29 is 4.79 Å². The smallest absolute Gasteiger partial charge is 0.251 e. The maximum Gasteiger partial charge on any atom is 0.251 e. The van der Waals surface area contributed by atoms with Crippen molar-refractivity contribution >= 4 is 17.5 Å². The first kappa shape index (κ1) is 13.6. The molecule has 98 valence electrons. The van der Waals surface area contributed by atoms with Gasteiger partial charge >= 0.3 is 0 Å². The van der Waals surface area contributed by atoms with Gasteiger partial charge in [0, 0.05) is 23.8 Å². The Morgan fingerprint density at radius 1 is 1.37 bits per heavy atom. The lowest BCUT2D eigenvalue weighted by Crippen LogP contribution is -2.26. The molecule has 4 heteroatoms. The fourth-order valence-corrected chi connectivity index (χ4v) is 1.96. The molecule has 1 N–H and O–H groups in total. The number of benzene rings is 1. The number of rotatable bonds is 4. The van der Waals surface area contributed by atoms with Crippen molar-refractivity contribution in [2.45, 2.75) is 18.8 Å². The number of hydrogen-bond acceptors (Lipinski definition) is 2. The Bertz CT molecular complexity index is 557. The van der Waals surface area contributed by atoms with E-state index in [2.05, 4.69) is 10.3 Å². The number of carbonyl (C=O) groups is 1. The summed E-state index contributed by atoms with van der Waals surface area (Å²) in [7, 11) is 0. The van der Waals surface area contributed by atoms with Gasteiger partial charge < -0.3 is 5.32 Å². The minimum atomic E-state index is -0.108. The molecule has 1 aromatic heterocycles. The fourth-order valence-electron chi connectivity index (χ4n) is 1.79. The number of amides is 1. The maximum atomic E-state index is 12.1. The first-order valence-corrected chi connectivity index (χ1v) is 6.60. The third kappa shape index (κ3) is 3.55. The summed E-state index contributed by atoms with van der Waals surface area (Å²) >= 11 is 5.77. The SMILES string of the molecule is C[C@@H](NC(=O)c1cccc(CCl)c1)c1cccnc1. The van der Waals surface area contributed by atoms with Crippen LogP contribution in [0.25, 0.3) is 0 Å². The Morgan fingerprint density at radius 3 is 2.89 bits per heavy atom. The zero-order chi connectivity index (χ0) is 13.7. The number of carbonyl (C=O) groups excluding carboxylic acids is 1. The normalized spacial score (nSPS) is 11.9. The van der Waals surface area contributed by atoms with Gasteiger partial charge in [0.15, 0.2) is 0 Å². The van der Waals surface area contributed by atoms with Gasteiger partial charge in [-0.15, -0.1) is 11.6 Å². The molecule has 2 aromatic rings. The van der Waals surface area contributed by atoms with Crippen LogP contribution in [0.1, 0.15) is 34.5 Å². The number of alkyl halides is 1. The highest BCUT2D eigenvalue weighted by Crippen LogP contribution is 2.12. The molecule has 0 bridgehead atoms. The molecule has 1 atom stereocenters. The first-order valence-electron chi connectivity index (χ1n) is 6.06. The fraction of sp³-hybridized carbons (Fsp3) is 0.200. The van der Waals surface area contributed by atoms with Gasteiger partial charge in [-0.3, -0.25) is 9.78 Å². The molecule has 1 aromatic carbocycles. The number of nitrogens with zero attached hydrogens (tertiary/aromatic N) is 1. The lowest BCUT2D eigenvalue weighted by Gasteiger charge is -2.14. The van der Waals surface area contributed by atoms with E-state index in [0.29, 0.717) is 11.4 Å². The quantitative estimate of drug-likeness (QED) is 0.869. The van der Waals surface area contributed by atoms with Gasteiger partial charge in [0.05, 0.1) is 6.04 Å². The van der Waals surface area contributed by atoms with Crippen LogP contribution in [0.2, 0.25) is 0 Å². The van der Waals surface area contributed by atoms with Crippen molar-refractivity contribution in [2.24, 2.45) is 0 Å². The summed E-state index contributed by atoms with van der Waals surface area (Å²) in [6.45, 7) is 1.93. The van der Waals surface area contributed by atoms with Gasteiger partial charge in [-0.1, -0.05) is 18.2 Å². The van der Waals surface area contributed by atoms with E-state index in [1.807, 2.05) is 31.2 Å². The number of hydrogen-bond donors (Lipinski definition) is 1. The zero-order valence-electron chi connectivity index (χ0n) is 10.6. The van der Waals surface area contributed by atoms with Crippen molar-refractivity contribution in [3.05, 3.63) is 65.5 Å². The predicted molar refractivity (Wildman–Crippen MR) is 76.1 cm³/mol. The summed E-state index contributed by atoms with van der Waals surface area (Å²) in [5.74, 6) is 0.294. The van der Waals surface area contributed by atoms with Crippen LogP contribution in [0.3, 0.4) is 0 Å². The number of nitrogens with one attached hydrogen (secondary N) is 1. The molecule has 0 saturated heterocycles. The molecule has 0 saturated carbocycles. The third-order valence-electron chi connectivity index (χ3n) is 2.88. The second-order valence-electron chi connectivity index (χ2n) is 4.32. The summed E-state index contributed by atoms with van der Waals surface area (Å²) in [4.78, 5) is 16.2. The molecule has 0 aliphatic carbocycles. The molecule has 1 amide bonds. The lowest BCUT2D eigenvalue weighted by atomic mass is 10.1. The van der Waals surface area contributed by atoms with Crippen molar-refractivity contribution in [2.75, 3.05) is 0 Å². The van der Waals surface area contributed by atoms with Gasteiger partial charge in [0.1, 0.15) is 0 Å². The lowest BCUT2D eigenvalue weighted by molar-refractivity contribution is 0.0940. The standard InChI is InChI=1S/C15H15ClN2O/c1-11(14-6-3-7-17-10-14)18-15(19)13-5-2-4-12(8-13)9-16/h2-8,10-11H,9H2,1H3,(H,18,19)/t11-/m1/s1. The third-order valence-corrected chi connectivity index (χ3v) is 3.18. The van der Waals surface area contributed by atoms with E-state index in [-0.39, 0.29) is 11.9 Å². The van der Waals surface area contributed by atoms with Crippen LogP contribution in [-0.2, 0) is 5.88 Å². The molecule has 1 heterocycles. The van der Waals surface area contributed by atoms with E-state index in [4.69, 9.17) is 11.6 Å². The van der Waals surface area contributed by atoms with Crippen molar-refractivity contribution in [3.8, 4) is 0 Å². The van der Waals surface area contributed by atoms with Gasteiger partial charge in [0.2, 0.25) is 0 Å². The topological polar surface area (TPSA) is 42.0 Å². The Morgan fingerprint density at radius 2 is 2.21 bits per heavy atom. The molecule has 0 fully saturated rings. The van der Waals surface area contributed by atoms with Crippen LogP contribution in [-0.4, -0.2) is 10.9 Å². The van der Waals surface area contributed by atoms with E-state index >= 15 is 0 Å². The van der Waals surface area contributed by atoms with Crippen molar-refractivity contribution in [1.29, 1.82) is 0 Å². The number of halogens is 1. The summed E-state index contributed by atoms with van der Waals surface area (Å²) in [5.41, 5.74) is 2.53. The second-order valence-corrected chi connectivity index (χ2v) is 4.58. The van der Waals surface area contributed by atoms with Crippen LogP contribution in [0.15, 0.2) is 48.8 Å². The summed E-state index contributed by atoms with van der Waals surface area (Å²) in [5, 5.41) is 2.94. The molecule has 0 spiro atoms. The van der Waals surface area contributed by atoms with Crippen LogP contribution < -0.4 is 5.32 Å². The molecule has 19 heavy (non-hydrogen) atoms. The van der Waals surface area contributed by atoms with Gasteiger partial charge in [0.25, 0.3) is 5.91 Å². The van der Waals surface area contributed by atoms with Crippen LogP contribution in [0, 0.1) is 0 Å². The Balaban J connectivity index is 2.08. The van der Waals surface area contributed by atoms with Gasteiger partial charge in [-0.2, -0.15) is 0 Å². The minimum Gasteiger partial charge on any atom is -0.345 e. The van der Waals surface area contributed by atoms with E-state index in [1.54, 1.807) is 24.5 Å². The molecule has 0 radical (unpaired) electrons. The Hall–Kier alpha value is -1.87. The molecule has 0 aliphatic heterocycles. The number of pyridine rings is 1. The van der Waals surface area contributed by atoms with Crippen molar-refractivity contribution in [3.63, 3.8) is 0 Å². The maximum absolute atomic E-state index is 12.1. The average Bonchev–Trinajstić information content (AvgIpc) is 2.48. The van der Waals surface area contributed by atoms with Crippen LogP contribution in [0.4, 0.5) is 0 Å². The molecule has 2 rings (SSSR count). The van der Waals surface area contributed by atoms with Gasteiger partial charge in [-0.05, 0) is 36.2 Å². The molecular formula is C15H15ClN2O. The predicted octanol–water partition coefficient (Wildman–Crippen LogP) is 3.31. The van der Waals surface area contributed by atoms with E-state index in [1.165, 1.54) is 0 Å². The Kier molecular flexibility index (Phi) is 4.53. The highest BCUT2D eigenvalue weighted by Gasteiger charge is 2.11. The minimum absolute atomic E-state index is 0.0825. The first-order chi connectivity index (χ1) is 9.20. The van der Waals surface area contributed by atoms with E-state index in [0.717, 1.165) is 11.1 Å². The molecule has 0 unspecified atom stereocenters. The van der Waals surface area contributed by atoms with Crippen LogP contribution >= 0.6 is 11.6 Å².